The van der Waals surface area contributed by atoms with Crippen LogP contribution in [0, 0.1) is 10.8 Å². The summed E-state index contributed by atoms with van der Waals surface area (Å²) in [6.45, 7) is 9.74. The topological polar surface area (TPSA) is 9.23 Å². The molecule has 0 amide bonds. The van der Waals surface area contributed by atoms with E-state index >= 15 is 0 Å². The molecule has 0 radical (unpaired) electrons. The predicted molar refractivity (Wildman–Crippen MR) is 53.2 cm³/mol. The first kappa shape index (κ1) is 12.7. The molecule has 0 aromatic heterocycles. The molecule has 3 atom stereocenters. The number of quaternary nitrogens is 1. The van der Waals surface area contributed by atoms with Crippen molar-refractivity contribution in [1.82, 2.24) is 0 Å². The second kappa shape index (κ2) is 3.32. The first-order chi connectivity index (χ1) is 5.86. The monoisotopic (exact) mass is 311 g/mol. The average molecular weight is 311 g/mol. The van der Waals surface area contributed by atoms with Gasteiger partial charge in [-0.3, -0.25) is 0 Å². The van der Waals surface area contributed by atoms with Gasteiger partial charge < -0.3 is 33.2 Å². The van der Waals surface area contributed by atoms with Crippen LogP contribution in [0.25, 0.3) is 0 Å². The summed E-state index contributed by atoms with van der Waals surface area (Å²) in [5.74, 6) is 0. The summed E-state index contributed by atoms with van der Waals surface area (Å²) < 4.78 is 6.83. The molecular formula is C11H22INO. The summed E-state index contributed by atoms with van der Waals surface area (Å²) in [6.07, 6.45) is 1.75. The first-order valence-electron chi connectivity index (χ1n) is 5.23. The molecule has 0 N–H and O–H groups in total. The van der Waals surface area contributed by atoms with Crippen LogP contribution in [0.2, 0.25) is 0 Å². The lowest BCUT2D eigenvalue weighted by Gasteiger charge is -2.43. The highest BCUT2D eigenvalue weighted by atomic mass is 127. The smallest absolute Gasteiger partial charge is 0.198 e. The molecule has 2 bridgehead atoms. The molecule has 0 aromatic rings. The van der Waals surface area contributed by atoms with E-state index in [0.29, 0.717) is 17.1 Å². The molecule has 0 aliphatic carbocycles. The fraction of sp³-hybridized carbons (Fsp3) is 1.00. The minimum Gasteiger partial charge on any atom is -1.00 e. The molecular weight excluding hydrogens is 289 g/mol. The summed E-state index contributed by atoms with van der Waals surface area (Å²) >= 11 is 0. The molecule has 3 unspecified atom stereocenters. The van der Waals surface area contributed by atoms with Crippen LogP contribution in [0.15, 0.2) is 0 Å². The van der Waals surface area contributed by atoms with E-state index in [2.05, 4.69) is 27.8 Å². The summed E-state index contributed by atoms with van der Waals surface area (Å²) in [5.41, 5.74) is 0.817. The number of nitrogens with zero attached hydrogens (tertiary/aromatic N) is 1. The highest BCUT2D eigenvalue weighted by Crippen LogP contribution is 2.59. The molecule has 0 saturated carbocycles. The van der Waals surface area contributed by atoms with Crippen LogP contribution in [0.3, 0.4) is 0 Å². The molecule has 2 heterocycles. The van der Waals surface area contributed by atoms with Gasteiger partial charge in [-0.2, -0.15) is 0 Å². The fourth-order valence-electron chi connectivity index (χ4n) is 3.81. The minimum absolute atomic E-state index is 0. The molecule has 2 rings (SSSR count). The van der Waals surface area contributed by atoms with Crippen molar-refractivity contribution in [3.8, 4) is 0 Å². The number of hydrogen-bond acceptors (Lipinski definition) is 1. The van der Waals surface area contributed by atoms with E-state index < -0.39 is 0 Å². The summed E-state index contributed by atoms with van der Waals surface area (Å²) in [4.78, 5) is 0. The second-order valence-electron chi connectivity index (χ2n) is 5.98. The van der Waals surface area contributed by atoms with Crippen molar-refractivity contribution in [2.24, 2.45) is 10.8 Å². The zero-order valence-electron chi connectivity index (χ0n) is 9.93. The third kappa shape index (κ3) is 1.28. The Morgan fingerprint density at radius 1 is 1.29 bits per heavy atom. The van der Waals surface area contributed by atoms with Crippen molar-refractivity contribution in [2.45, 2.75) is 33.4 Å². The van der Waals surface area contributed by atoms with Crippen LogP contribution >= 0.6 is 0 Å². The molecule has 3 heteroatoms. The fourth-order valence-corrected chi connectivity index (χ4v) is 3.81. The van der Waals surface area contributed by atoms with Crippen LogP contribution in [0.1, 0.15) is 27.2 Å². The lowest BCUT2D eigenvalue weighted by atomic mass is 9.66. The number of ether oxygens (including phenoxy) is 1. The van der Waals surface area contributed by atoms with Gasteiger partial charge in [0.15, 0.2) is 6.23 Å². The Bertz CT molecular complexity index is 243. The van der Waals surface area contributed by atoms with Crippen molar-refractivity contribution < 1.29 is 33.2 Å². The number of piperidine rings is 1. The van der Waals surface area contributed by atoms with Gasteiger partial charge in [-0.05, 0) is 0 Å². The second-order valence-corrected chi connectivity index (χ2v) is 5.98. The van der Waals surface area contributed by atoms with Gasteiger partial charge in [0.1, 0.15) is 0 Å². The highest BCUT2D eigenvalue weighted by Gasteiger charge is 2.68. The Balaban J connectivity index is 0.000000980. The molecule has 2 aliphatic heterocycles. The van der Waals surface area contributed by atoms with E-state index in [1.807, 2.05) is 7.11 Å². The quantitative estimate of drug-likeness (QED) is 0.439. The summed E-state index contributed by atoms with van der Waals surface area (Å²) in [6, 6.07) is 0. The number of methoxy groups -OCH3 is 1. The van der Waals surface area contributed by atoms with Gasteiger partial charge in [0.2, 0.25) is 0 Å². The van der Waals surface area contributed by atoms with Crippen molar-refractivity contribution in [2.75, 3.05) is 27.2 Å². The molecule has 84 valence electrons. The number of halogens is 1. The van der Waals surface area contributed by atoms with E-state index in [1.54, 1.807) is 0 Å². The minimum atomic E-state index is 0. The van der Waals surface area contributed by atoms with Gasteiger partial charge in [0.05, 0.1) is 25.6 Å². The van der Waals surface area contributed by atoms with E-state index in [-0.39, 0.29) is 24.0 Å². The maximum absolute atomic E-state index is 5.70. The summed E-state index contributed by atoms with van der Waals surface area (Å²) in [5, 5.41) is 0. The zero-order valence-corrected chi connectivity index (χ0v) is 12.1. The zero-order chi connectivity index (χ0) is 9.91. The summed E-state index contributed by atoms with van der Waals surface area (Å²) in [7, 11) is 4.20. The SMILES string of the molecule is COC1C(C)(C)C2(C)CC[N+]1(C)C2.[I-]. The third-order valence-electron chi connectivity index (χ3n) is 4.85. The highest BCUT2D eigenvalue weighted by molar-refractivity contribution is 5.00. The van der Waals surface area contributed by atoms with Crippen LogP contribution in [0.5, 0.6) is 0 Å². The van der Waals surface area contributed by atoms with Gasteiger partial charge in [0, 0.05) is 18.9 Å². The Morgan fingerprint density at radius 2 is 1.86 bits per heavy atom. The maximum atomic E-state index is 5.70. The molecule has 14 heavy (non-hydrogen) atoms. The normalized spacial score (nSPS) is 49.1. The third-order valence-corrected chi connectivity index (χ3v) is 4.85. The molecule has 2 aliphatic rings. The van der Waals surface area contributed by atoms with E-state index in [4.69, 9.17) is 4.74 Å². The van der Waals surface area contributed by atoms with Crippen molar-refractivity contribution in [1.29, 1.82) is 0 Å². The Kier molecular flexibility index (Phi) is 3.02. The first-order valence-corrected chi connectivity index (χ1v) is 5.23. The lowest BCUT2D eigenvalue weighted by Crippen LogP contribution is -3.00. The van der Waals surface area contributed by atoms with Gasteiger partial charge >= 0.3 is 0 Å². The molecule has 0 spiro atoms. The largest absolute Gasteiger partial charge is 1.00 e. The molecule has 2 nitrogen and oxygen atoms in total. The predicted octanol–water partition coefficient (Wildman–Crippen LogP) is -1.14. The van der Waals surface area contributed by atoms with Gasteiger partial charge in [-0.1, -0.05) is 20.8 Å². The van der Waals surface area contributed by atoms with Crippen molar-refractivity contribution >= 4 is 0 Å². The van der Waals surface area contributed by atoms with Gasteiger partial charge in [0.25, 0.3) is 0 Å². The Hall–Kier alpha value is 0.650. The van der Waals surface area contributed by atoms with Gasteiger partial charge in [-0.25, -0.2) is 0 Å². The van der Waals surface area contributed by atoms with Crippen LogP contribution in [-0.2, 0) is 4.74 Å². The maximum Gasteiger partial charge on any atom is 0.198 e. The average Bonchev–Trinajstić information content (AvgIpc) is 2.35. The lowest BCUT2D eigenvalue weighted by molar-refractivity contribution is -0.940. The number of hydrogen-bond donors (Lipinski definition) is 0. The molecule has 2 saturated heterocycles. The van der Waals surface area contributed by atoms with E-state index in [9.17, 15) is 0 Å². The Morgan fingerprint density at radius 3 is 2.14 bits per heavy atom. The Labute approximate surface area is 105 Å². The van der Waals surface area contributed by atoms with Crippen molar-refractivity contribution in [3.63, 3.8) is 0 Å². The standard InChI is InChI=1S/C11H22NO.HI/c1-10(2)9(13-5)12(4)7-6-11(10,3)8-12;/h9H,6-8H2,1-5H3;1H/q+1;/p-1. The molecule has 2 fully saturated rings. The van der Waals surface area contributed by atoms with Crippen molar-refractivity contribution in [3.05, 3.63) is 0 Å². The number of fused-ring (bicyclic) bond motifs is 2. The van der Waals surface area contributed by atoms with Crippen LogP contribution in [-0.4, -0.2) is 38.0 Å². The van der Waals surface area contributed by atoms with E-state index in [1.165, 1.54) is 19.5 Å². The molecule has 0 aromatic carbocycles. The van der Waals surface area contributed by atoms with Crippen LogP contribution in [0.4, 0.5) is 0 Å². The number of rotatable bonds is 1. The van der Waals surface area contributed by atoms with Gasteiger partial charge in [-0.15, -0.1) is 0 Å². The van der Waals surface area contributed by atoms with Crippen LogP contribution < -0.4 is 24.0 Å². The van der Waals surface area contributed by atoms with E-state index in [0.717, 1.165) is 4.48 Å².